The Hall–Kier alpha value is -2.87. The van der Waals surface area contributed by atoms with Crippen LogP contribution in [0.25, 0.3) is 16.8 Å². The second-order valence-corrected chi connectivity index (χ2v) is 9.63. The summed E-state index contributed by atoms with van der Waals surface area (Å²) in [5.41, 5.74) is 1.46. The number of halogens is 1. The van der Waals surface area contributed by atoms with Gasteiger partial charge in [-0.25, -0.2) is 9.78 Å². The van der Waals surface area contributed by atoms with Crippen molar-refractivity contribution < 1.29 is 18.8 Å². The molecule has 1 aliphatic heterocycles. The summed E-state index contributed by atoms with van der Waals surface area (Å²) in [5, 5.41) is 5.06. The maximum atomic E-state index is 12.4. The van der Waals surface area contributed by atoms with Crippen molar-refractivity contribution in [1.82, 2.24) is 10.3 Å². The van der Waals surface area contributed by atoms with Gasteiger partial charge >= 0.3 is 13.2 Å². The Bertz CT molecular complexity index is 1200. The van der Waals surface area contributed by atoms with Gasteiger partial charge in [-0.3, -0.25) is 0 Å². The average Bonchev–Trinajstić information content (AvgIpc) is 3.04. The molecule has 2 aromatic carbocycles. The summed E-state index contributed by atoms with van der Waals surface area (Å²) >= 11 is 6.30. The third kappa shape index (κ3) is 5.27. The van der Waals surface area contributed by atoms with Crippen LogP contribution in [0.1, 0.15) is 38.8 Å². The topological polar surface area (TPSA) is 69.7 Å². The summed E-state index contributed by atoms with van der Waals surface area (Å²) in [6.45, 7) is 8.34. The number of amides is 1. The fraction of sp³-hybridized carbons (Fsp3) is 0.308. The van der Waals surface area contributed by atoms with E-state index in [9.17, 15) is 4.79 Å². The first kappa shape index (κ1) is 24.3. The van der Waals surface area contributed by atoms with Gasteiger partial charge in [-0.05, 0) is 44.1 Å². The van der Waals surface area contributed by atoms with E-state index in [0.29, 0.717) is 5.15 Å². The third-order valence-corrected chi connectivity index (χ3v) is 6.62. The van der Waals surface area contributed by atoms with Crippen LogP contribution in [0.4, 0.5) is 4.79 Å². The predicted molar refractivity (Wildman–Crippen MR) is 135 cm³/mol. The Morgan fingerprint density at radius 2 is 1.65 bits per heavy atom. The molecule has 1 amide bonds. The summed E-state index contributed by atoms with van der Waals surface area (Å²) in [6, 6.07) is 17.3. The lowest BCUT2D eigenvalue weighted by atomic mass is 9.76. The van der Waals surface area contributed by atoms with Crippen LogP contribution in [0, 0.1) is 0 Å². The van der Waals surface area contributed by atoms with Gasteiger partial charge in [0.2, 0.25) is 0 Å². The van der Waals surface area contributed by atoms with Crippen molar-refractivity contribution >= 4 is 41.7 Å². The first-order valence-electron chi connectivity index (χ1n) is 11.2. The second-order valence-electron chi connectivity index (χ2n) is 9.27. The molecule has 2 heterocycles. The van der Waals surface area contributed by atoms with Crippen LogP contribution in [-0.2, 0) is 20.7 Å². The van der Waals surface area contributed by atoms with Gasteiger partial charge in [0.1, 0.15) is 11.8 Å². The number of aromatic nitrogens is 1. The number of fused-ring (bicyclic) bond motifs is 1. The van der Waals surface area contributed by atoms with Crippen molar-refractivity contribution in [3.63, 3.8) is 0 Å². The highest BCUT2D eigenvalue weighted by atomic mass is 35.5. The number of ether oxygens (including phenoxy) is 1. The van der Waals surface area contributed by atoms with Crippen molar-refractivity contribution in [2.24, 2.45) is 0 Å². The molecule has 1 saturated heterocycles. The summed E-state index contributed by atoms with van der Waals surface area (Å²) in [6.07, 6.45) is 3.12. The van der Waals surface area contributed by atoms with Gasteiger partial charge in [0.15, 0.2) is 0 Å². The van der Waals surface area contributed by atoms with Crippen LogP contribution >= 0.6 is 11.6 Å². The molecule has 4 rings (SSSR count). The number of hydrogen-bond acceptors (Lipinski definition) is 5. The number of carbonyl (C=O) groups is 1. The lowest BCUT2D eigenvalue weighted by Crippen LogP contribution is -2.41. The molecular formula is C26H28BClN2O4. The number of benzene rings is 2. The van der Waals surface area contributed by atoms with E-state index >= 15 is 0 Å². The molecule has 1 aromatic heterocycles. The van der Waals surface area contributed by atoms with E-state index in [2.05, 4.69) is 10.3 Å². The molecule has 0 unspecified atom stereocenters. The highest BCUT2D eigenvalue weighted by molar-refractivity contribution is 6.56. The monoisotopic (exact) mass is 478 g/mol. The molecule has 0 radical (unpaired) electrons. The van der Waals surface area contributed by atoms with E-state index < -0.39 is 24.4 Å². The molecule has 1 fully saturated rings. The quantitative estimate of drug-likeness (QED) is 0.356. The fourth-order valence-electron chi connectivity index (χ4n) is 3.64. The smallest absolute Gasteiger partial charge is 0.445 e. The Balaban J connectivity index is 1.58. The number of alkyl carbamates (subject to hydrolysis) is 1. The number of nitrogens with zero attached hydrogens (tertiary/aromatic N) is 1. The van der Waals surface area contributed by atoms with Gasteiger partial charge in [0.25, 0.3) is 0 Å². The van der Waals surface area contributed by atoms with Crippen LogP contribution in [-0.4, -0.2) is 35.9 Å². The molecular weight excluding hydrogens is 451 g/mol. The summed E-state index contributed by atoms with van der Waals surface area (Å²) in [5.74, 6) is 0. The second kappa shape index (κ2) is 9.78. The van der Waals surface area contributed by atoms with Crippen LogP contribution < -0.4 is 5.32 Å². The molecule has 0 bridgehead atoms. The first-order chi connectivity index (χ1) is 16.2. The lowest BCUT2D eigenvalue weighted by molar-refractivity contribution is 0.00578. The molecule has 34 heavy (non-hydrogen) atoms. The minimum atomic E-state index is -0.645. The Kier molecular flexibility index (Phi) is 6.98. The van der Waals surface area contributed by atoms with Crippen LogP contribution in [0.2, 0.25) is 5.15 Å². The van der Waals surface area contributed by atoms with Crippen LogP contribution in [0.15, 0.2) is 66.3 Å². The summed E-state index contributed by atoms with van der Waals surface area (Å²) in [4.78, 5) is 16.8. The molecule has 0 saturated carbocycles. The van der Waals surface area contributed by atoms with Crippen molar-refractivity contribution in [1.29, 1.82) is 0 Å². The zero-order valence-corrected chi connectivity index (χ0v) is 20.6. The van der Waals surface area contributed by atoms with E-state index in [1.165, 1.54) is 0 Å². The zero-order chi connectivity index (χ0) is 24.3. The van der Waals surface area contributed by atoms with Gasteiger partial charge in [-0.15, -0.1) is 0 Å². The molecule has 8 heteroatoms. The fourth-order valence-corrected chi connectivity index (χ4v) is 3.85. The van der Waals surface area contributed by atoms with Crippen molar-refractivity contribution in [3.8, 4) is 0 Å². The van der Waals surface area contributed by atoms with Crippen LogP contribution in [0.3, 0.4) is 0 Å². The number of hydrogen-bond donors (Lipinski definition) is 1. The largest absolute Gasteiger partial charge is 0.492 e. The number of rotatable bonds is 6. The minimum absolute atomic E-state index is 0.182. The van der Waals surface area contributed by atoms with E-state index in [0.717, 1.165) is 27.4 Å². The lowest BCUT2D eigenvalue weighted by Gasteiger charge is -2.32. The van der Waals surface area contributed by atoms with Gasteiger partial charge in [0.05, 0.1) is 11.2 Å². The summed E-state index contributed by atoms with van der Waals surface area (Å²) < 4.78 is 17.9. The van der Waals surface area contributed by atoms with E-state index in [1.54, 1.807) is 6.20 Å². The Morgan fingerprint density at radius 1 is 1.03 bits per heavy atom. The Morgan fingerprint density at radius 3 is 2.32 bits per heavy atom. The first-order valence-corrected chi connectivity index (χ1v) is 11.6. The molecule has 1 aliphatic rings. The number of nitrogens with one attached hydrogen (secondary N) is 1. The summed E-state index contributed by atoms with van der Waals surface area (Å²) in [7, 11) is -0.645. The predicted octanol–water partition coefficient (Wildman–Crippen LogP) is 5.83. The normalized spacial score (nSPS) is 17.1. The molecule has 3 aromatic rings. The maximum absolute atomic E-state index is 12.4. The number of carbonyl (C=O) groups excluding carboxylic acids is 1. The van der Waals surface area contributed by atoms with Crippen LogP contribution in [0.5, 0.6) is 0 Å². The van der Waals surface area contributed by atoms with Crippen molar-refractivity contribution in [2.75, 3.05) is 6.54 Å². The van der Waals surface area contributed by atoms with E-state index in [1.807, 2.05) is 88.4 Å². The van der Waals surface area contributed by atoms with E-state index in [-0.39, 0.29) is 13.2 Å². The van der Waals surface area contributed by atoms with Gasteiger partial charge in [-0.2, -0.15) is 0 Å². The van der Waals surface area contributed by atoms with Crippen molar-refractivity contribution in [3.05, 3.63) is 82.5 Å². The van der Waals surface area contributed by atoms with Crippen molar-refractivity contribution in [2.45, 2.75) is 45.5 Å². The molecule has 1 N–H and O–H groups in total. The highest BCUT2D eigenvalue weighted by Gasteiger charge is 2.52. The molecule has 176 valence electrons. The third-order valence-electron chi connectivity index (χ3n) is 6.32. The van der Waals surface area contributed by atoms with Gasteiger partial charge < -0.3 is 19.4 Å². The average molecular weight is 479 g/mol. The minimum Gasteiger partial charge on any atom is -0.445 e. The van der Waals surface area contributed by atoms with E-state index in [4.69, 9.17) is 25.6 Å². The molecule has 0 atom stereocenters. The standard InChI is InChI=1S/C26H28BClN2O4/c1-25(2)26(3,4)34-27(33-25)20(16-30-24(31)32-17-18-10-6-5-7-11-18)14-19-15-29-23(28)22-13-9-8-12-21(19)22/h5-15H,16-17H2,1-4H3,(H,30,31). The molecule has 6 nitrogen and oxygen atoms in total. The van der Waals surface area contributed by atoms with Gasteiger partial charge in [0, 0.05) is 23.7 Å². The SMILES string of the molecule is CC1(C)OB(C(=Cc2cnc(Cl)c3ccccc23)CNC(=O)OCc2ccccc2)OC1(C)C. The zero-order valence-electron chi connectivity index (χ0n) is 19.8. The maximum Gasteiger partial charge on any atom is 0.492 e. The Labute approximate surface area is 205 Å². The number of pyridine rings is 1. The highest BCUT2D eigenvalue weighted by Crippen LogP contribution is 2.39. The molecule has 0 spiro atoms. The molecule has 0 aliphatic carbocycles. The van der Waals surface area contributed by atoms with Gasteiger partial charge in [-0.1, -0.05) is 72.3 Å².